The van der Waals surface area contributed by atoms with Crippen LogP contribution in [-0.2, 0) is 16.0 Å². The van der Waals surface area contributed by atoms with Crippen molar-refractivity contribution in [2.24, 2.45) is 0 Å². The Morgan fingerprint density at radius 1 is 1.08 bits per heavy atom. The molecule has 0 aliphatic heterocycles. The van der Waals surface area contributed by atoms with E-state index in [1.807, 2.05) is 54.6 Å². The Morgan fingerprint density at radius 3 is 2.32 bits per heavy atom. The molecule has 0 spiro atoms. The first-order chi connectivity index (χ1) is 11.4. The molecular formula is C18H19ClF3NO2. The molecular weight excluding hydrogens is 355 g/mol. The number of carbonyl (C=O) groups excluding carboxylic acids is 1. The standard InChI is InChI=1S/C18H18F3NO2.ClH/c1-22-16(17(23)24-12-18(19,20)21)11-13-6-5-9-15(10-13)14-7-3-2-4-8-14;/h2-10,16,22H,11-12H2,1H3;1H/t16-;/m0./s1. The highest BCUT2D eigenvalue weighted by Crippen LogP contribution is 2.21. The monoisotopic (exact) mass is 373 g/mol. The third kappa shape index (κ3) is 6.76. The van der Waals surface area contributed by atoms with Gasteiger partial charge < -0.3 is 10.1 Å². The number of hydrogen-bond acceptors (Lipinski definition) is 3. The Morgan fingerprint density at radius 2 is 1.72 bits per heavy atom. The predicted molar refractivity (Wildman–Crippen MR) is 92.7 cm³/mol. The molecule has 0 saturated carbocycles. The number of likely N-dealkylation sites (N-methyl/N-ethyl adjacent to an activating group) is 1. The lowest BCUT2D eigenvalue weighted by molar-refractivity contribution is -0.187. The molecule has 3 nitrogen and oxygen atoms in total. The summed E-state index contributed by atoms with van der Waals surface area (Å²) in [5, 5.41) is 2.70. The van der Waals surface area contributed by atoms with Crippen LogP contribution in [0.2, 0.25) is 0 Å². The maximum Gasteiger partial charge on any atom is 0.422 e. The van der Waals surface area contributed by atoms with Crippen LogP contribution in [0.5, 0.6) is 0 Å². The summed E-state index contributed by atoms with van der Waals surface area (Å²) in [6, 6.07) is 16.4. The van der Waals surface area contributed by atoms with Crippen LogP contribution < -0.4 is 5.32 Å². The summed E-state index contributed by atoms with van der Waals surface area (Å²) in [5.41, 5.74) is 2.84. The minimum absolute atomic E-state index is 0. The second-order valence-electron chi connectivity index (χ2n) is 5.33. The second-order valence-corrected chi connectivity index (χ2v) is 5.33. The first-order valence-corrected chi connectivity index (χ1v) is 7.44. The summed E-state index contributed by atoms with van der Waals surface area (Å²) in [7, 11) is 1.51. The van der Waals surface area contributed by atoms with E-state index in [1.54, 1.807) is 0 Å². The van der Waals surface area contributed by atoms with Crippen molar-refractivity contribution in [2.45, 2.75) is 18.6 Å². The minimum Gasteiger partial charge on any atom is -0.455 e. The molecule has 0 bridgehead atoms. The number of ether oxygens (including phenoxy) is 1. The lowest BCUT2D eigenvalue weighted by atomic mass is 9.99. The van der Waals surface area contributed by atoms with E-state index < -0.39 is 24.8 Å². The van der Waals surface area contributed by atoms with Gasteiger partial charge in [0.1, 0.15) is 6.04 Å². The van der Waals surface area contributed by atoms with Gasteiger partial charge in [-0.15, -0.1) is 12.4 Å². The van der Waals surface area contributed by atoms with E-state index in [1.165, 1.54) is 7.05 Å². The summed E-state index contributed by atoms with van der Waals surface area (Å²) >= 11 is 0. The number of carbonyl (C=O) groups is 1. The zero-order valence-corrected chi connectivity index (χ0v) is 14.4. The first-order valence-electron chi connectivity index (χ1n) is 7.44. The Kier molecular flexibility index (Phi) is 7.93. The zero-order valence-electron chi connectivity index (χ0n) is 13.5. The molecule has 136 valence electrons. The average Bonchev–Trinajstić information content (AvgIpc) is 2.58. The maximum absolute atomic E-state index is 12.2. The number of alkyl halides is 3. The summed E-state index contributed by atoms with van der Waals surface area (Å²) in [6.45, 7) is -1.58. The fourth-order valence-electron chi connectivity index (χ4n) is 2.30. The van der Waals surface area contributed by atoms with Gasteiger partial charge in [-0.1, -0.05) is 54.6 Å². The fourth-order valence-corrected chi connectivity index (χ4v) is 2.30. The predicted octanol–water partition coefficient (Wildman–Crippen LogP) is 4.01. The molecule has 1 N–H and O–H groups in total. The highest BCUT2D eigenvalue weighted by Gasteiger charge is 2.31. The van der Waals surface area contributed by atoms with E-state index in [2.05, 4.69) is 10.1 Å². The molecule has 1 atom stereocenters. The van der Waals surface area contributed by atoms with Crippen LogP contribution in [-0.4, -0.2) is 31.8 Å². The molecule has 0 heterocycles. The van der Waals surface area contributed by atoms with Gasteiger partial charge in [0.2, 0.25) is 0 Å². The number of nitrogens with one attached hydrogen (secondary N) is 1. The van der Waals surface area contributed by atoms with Gasteiger partial charge in [-0.3, -0.25) is 4.79 Å². The van der Waals surface area contributed by atoms with E-state index in [-0.39, 0.29) is 18.8 Å². The zero-order chi connectivity index (χ0) is 17.6. The van der Waals surface area contributed by atoms with Crippen molar-refractivity contribution in [3.8, 4) is 11.1 Å². The van der Waals surface area contributed by atoms with Crippen molar-refractivity contribution < 1.29 is 22.7 Å². The highest BCUT2D eigenvalue weighted by molar-refractivity contribution is 5.85. The molecule has 2 rings (SSSR count). The molecule has 2 aromatic carbocycles. The molecule has 2 aromatic rings. The lowest BCUT2D eigenvalue weighted by Gasteiger charge is -2.16. The third-order valence-electron chi connectivity index (χ3n) is 3.49. The van der Waals surface area contributed by atoms with Crippen LogP contribution in [0.3, 0.4) is 0 Å². The van der Waals surface area contributed by atoms with E-state index >= 15 is 0 Å². The van der Waals surface area contributed by atoms with E-state index in [0.717, 1.165) is 16.7 Å². The van der Waals surface area contributed by atoms with Crippen molar-refractivity contribution in [1.82, 2.24) is 5.32 Å². The van der Waals surface area contributed by atoms with Gasteiger partial charge in [0.15, 0.2) is 6.61 Å². The fraction of sp³-hybridized carbons (Fsp3) is 0.278. The van der Waals surface area contributed by atoms with Crippen LogP contribution in [0, 0.1) is 0 Å². The molecule has 0 fully saturated rings. The molecule has 0 radical (unpaired) electrons. The highest BCUT2D eigenvalue weighted by atomic mass is 35.5. The van der Waals surface area contributed by atoms with Crippen molar-refractivity contribution in [2.75, 3.05) is 13.7 Å². The number of benzene rings is 2. The molecule has 0 aliphatic carbocycles. The summed E-state index contributed by atoms with van der Waals surface area (Å²) in [5.74, 6) is -0.917. The average molecular weight is 374 g/mol. The van der Waals surface area contributed by atoms with E-state index in [9.17, 15) is 18.0 Å². The normalized spacial score (nSPS) is 12.2. The molecule has 7 heteroatoms. The van der Waals surface area contributed by atoms with Gasteiger partial charge in [0, 0.05) is 0 Å². The topological polar surface area (TPSA) is 38.3 Å². The molecule has 0 unspecified atom stereocenters. The van der Waals surface area contributed by atoms with Crippen molar-refractivity contribution in [1.29, 1.82) is 0 Å². The second kappa shape index (κ2) is 9.44. The Balaban J connectivity index is 0.00000312. The number of esters is 1. The van der Waals surface area contributed by atoms with Gasteiger partial charge in [-0.2, -0.15) is 13.2 Å². The van der Waals surface area contributed by atoms with Crippen LogP contribution in [0.1, 0.15) is 5.56 Å². The van der Waals surface area contributed by atoms with Crippen molar-refractivity contribution in [3.63, 3.8) is 0 Å². The number of halogens is 4. The molecule has 0 saturated heterocycles. The van der Waals surface area contributed by atoms with Crippen LogP contribution >= 0.6 is 12.4 Å². The quantitative estimate of drug-likeness (QED) is 0.777. The smallest absolute Gasteiger partial charge is 0.422 e. The molecule has 25 heavy (non-hydrogen) atoms. The number of rotatable bonds is 6. The number of hydrogen-bond donors (Lipinski definition) is 1. The van der Waals surface area contributed by atoms with E-state index in [0.29, 0.717) is 0 Å². The third-order valence-corrected chi connectivity index (χ3v) is 3.49. The van der Waals surface area contributed by atoms with Crippen LogP contribution in [0.4, 0.5) is 13.2 Å². The van der Waals surface area contributed by atoms with Gasteiger partial charge in [0.05, 0.1) is 0 Å². The Hall–Kier alpha value is -2.05. The van der Waals surface area contributed by atoms with Crippen LogP contribution in [0.25, 0.3) is 11.1 Å². The molecule has 0 aromatic heterocycles. The Bertz CT molecular complexity index is 678. The minimum atomic E-state index is -4.53. The largest absolute Gasteiger partial charge is 0.455 e. The summed E-state index contributed by atoms with van der Waals surface area (Å²) in [4.78, 5) is 11.8. The molecule has 0 amide bonds. The molecule has 0 aliphatic rings. The summed E-state index contributed by atoms with van der Waals surface area (Å²) in [6.07, 6.45) is -4.28. The maximum atomic E-state index is 12.2. The van der Waals surface area contributed by atoms with Crippen LogP contribution in [0.15, 0.2) is 54.6 Å². The van der Waals surface area contributed by atoms with Gasteiger partial charge >= 0.3 is 12.1 Å². The van der Waals surface area contributed by atoms with E-state index in [4.69, 9.17) is 0 Å². The SMILES string of the molecule is CN[C@@H](Cc1cccc(-c2ccccc2)c1)C(=O)OCC(F)(F)F.Cl. The van der Waals surface area contributed by atoms with Crippen molar-refractivity contribution in [3.05, 3.63) is 60.2 Å². The van der Waals surface area contributed by atoms with Gasteiger partial charge in [-0.25, -0.2) is 0 Å². The van der Waals surface area contributed by atoms with Gasteiger partial charge in [0.25, 0.3) is 0 Å². The van der Waals surface area contributed by atoms with Crippen molar-refractivity contribution >= 4 is 18.4 Å². The lowest BCUT2D eigenvalue weighted by Crippen LogP contribution is -2.39. The Labute approximate surface area is 150 Å². The van der Waals surface area contributed by atoms with Gasteiger partial charge in [-0.05, 0) is 30.2 Å². The summed E-state index contributed by atoms with van der Waals surface area (Å²) < 4.78 is 40.8. The first kappa shape index (κ1) is 21.0.